The highest BCUT2D eigenvalue weighted by atomic mass is 35.5. The molecular formula is C19H26ClN3O4. The van der Waals surface area contributed by atoms with Crippen LogP contribution in [0.5, 0.6) is 0 Å². The third-order valence-electron chi connectivity index (χ3n) is 4.04. The number of aliphatic hydroxyl groups excluding tert-OH is 1. The van der Waals surface area contributed by atoms with Gasteiger partial charge in [-0.15, -0.1) is 0 Å². The summed E-state index contributed by atoms with van der Waals surface area (Å²) in [6, 6.07) is 6.82. The second kappa shape index (κ2) is 10.4. The normalized spacial score (nSPS) is 21.9. The van der Waals surface area contributed by atoms with Crippen LogP contribution in [0.4, 0.5) is 0 Å². The Balaban J connectivity index is 1.83. The van der Waals surface area contributed by atoms with Crippen LogP contribution in [0.15, 0.2) is 36.4 Å². The Hall–Kier alpha value is -1.93. The van der Waals surface area contributed by atoms with Gasteiger partial charge in [-0.1, -0.05) is 35.9 Å². The zero-order chi connectivity index (χ0) is 19.8. The van der Waals surface area contributed by atoms with Gasteiger partial charge in [0.2, 0.25) is 11.8 Å². The van der Waals surface area contributed by atoms with Crippen molar-refractivity contribution in [2.45, 2.75) is 31.2 Å². The number of rotatable bonds is 8. The average molecular weight is 396 g/mol. The van der Waals surface area contributed by atoms with Crippen molar-refractivity contribution in [1.82, 2.24) is 15.5 Å². The number of nitrogens with one attached hydrogen (secondary N) is 2. The summed E-state index contributed by atoms with van der Waals surface area (Å²) in [7, 11) is 3.60. The number of benzene rings is 1. The zero-order valence-corrected chi connectivity index (χ0v) is 16.3. The second-order valence-corrected chi connectivity index (χ2v) is 7.16. The van der Waals surface area contributed by atoms with Gasteiger partial charge in [0.05, 0.1) is 31.7 Å². The standard InChI is InChI=1S/C19H26ClN3O4/c1-23(2)11-19(26)22-16-8-7-15(27-17(16)12-24)9-18(25)21-10-13-3-5-14(20)6-4-13/h3-8,15-17,24H,9-12H2,1-2H3,(H,21,25)(H,22,26)/t15-,16-,17-/m1/s1. The Morgan fingerprint density at radius 3 is 2.52 bits per heavy atom. The molecule has 0 saturated carbocycles. The molecule has 0 aliphatic carbocycles. The molecular weight excluding hydrogens is 370 g/mol. The molecule has 1 aliphatic heterocycles. The van der Waals surface area contributed by atoms with Crippen LogP contribution in [0.1, 0.15) is 12.0 Å². The first kappa shape index (κ1) is 21.4. The summed E-state index contributed by atoms with van der Waals surface area (Å²) in [4.78, 5) is 25.8. The molecule has 3 N–H and O–H groups in total. The highest BCUT2D eigenvalue weighted by Crippen LogP contribution is 2.16. The first-order valence-corrected chi connectivity index (χ1v) is 9.15. The van der Waals surface area contributed by atoms with Crippen LogP contribution >= 0.6 is 11.6 Å². The van der Waals surface area contributed by atoms with E-state index < -0.39 is 18.2 Å². The quantitative estimate of drug-likeness (QED) is 0.564. The van der Waals surface area contributed by atoms with Crippen LogP contribution in [0.2, 0.25) is 5.02 Å². The smallest absolute Gasteiger partial charge is 0.234 e. The molecule has 3 atom stereocenters. The molecule has 0 fully saturated rings. The highest BCUT2D eigenvalue weighted by molar-refractivity contribution is 6.30. The van der Waals surface area contributed by atoms with Gasteiger partial charge in [0.25, 0.3) is 0 Å². The first-order valence-electron chi connectivity index (χ1n) is 8.77. The SMILES string of the molecule is CN(C)CC(=O)N[C@@H]1C=C[C@H](CC(=O)NCc2ccc(Cl)cc2)O[C@@H]1CO. The molecule has 0 saturated heterocycles. The van der Waals surface area contributed by atoms with E-state index in [1.54, 1.807) is 43.3 Å². The van der Waals surface area contributed by atoms with Crippen LogP contribution in [0.25, 0.3) is 0 Å². The van der Waals surface area contributed by atoms with E-state index in [2.05, 4.69) is 10.6 Å². The maximum absolute atomic E-state index is 12.1. The third kappa shape index (κ3) is 7.30. The topological polar surface area (TPSA) is 90.9 Å². The first-order chi connectivity index (χ1) is 12.9. The van der Waals surface area contributed by atoms with Gasteiger partial charge in [-0.05, 0) is 31.8 Å². The van der Waals surface area contributed by atoms with Crippen molar-refractivity contribution >= 4 is 23.4 Å². The maximum atomic E-state index is 12.1. The lowest BCUT2D eigenvalue weighted by Gasteiger charge is -2.32. The number of ether oxygens (including phenoxy) is 1. The molecule has 2 amide bonds. The summed E-state index contributed by atoms with van der Waals surface area (Å²) in [6.07, 6.45) is 2.62. The molecule has 27 heavy (non-hydrogen) atoms. The van der Waals surface area contributed by atoms with Crippen molar-refractivity contribution < 1.29 is 19.4 Å². The lowest BCUT2D eigenvalue weighted by atomic mass is 10.0. The lowest BCUT2D eigenvalue weighted by molar-refractivity contribution is -0.128. The van der Waals surface area contributed by atoms with Crippen LogP contribution in [0.3, 0.4) is 0 Å². The highest BCUT2D eigenvalue weighted by Gasteiger charge is 2.29. The van der Waals surface area contributed by atoms with Gasteiger partial charge >= 0.3 is 0 Å². The summed E-state index contributed by atoms with van der Waals surface area (Å²) in [5.74, 6) is -0.317. The van der Waals surface area contributed by atoms with Gasteiger partial charge in [-0.3, -0.25) is 9.59 Å². The van der Waals surface area contributed by atoms with E-state index in [-0.39, 0.29) is 31.4 Å². The number of hydrogen-bond donors (Lipinski definition) is 3. The van der Waals surface area contributed by atoms with Gasteiger partial charge in [-0.2, -0.15) is 0 Å². The third-order valence-corrected chi connectivity index (χ3v) is 4.29. The summed E-state index contributed by atoms with van der Waals surface area (Å²) in [6.45, 7) is 0.401. The summed E-state index contributed by atoms with van der Waals surface area (Å²) >= 11 is 5.84. The van der Waals surface area contributed by atoms with E-state index in [1.165, 1.54) is 0 Å². The van der Waals surface area contributed by atoms with Crippen molar-refractivity contribution in [3.8, 4) is 0 Å². The van der Waals surface area contributed by atoms with Crippen molar-refractivity contribution in [1.29, 1.82) is 0 Å². The van der Waals surface area contributed by atoms with E-state index in [0.29, 0.717) is 11.6 Å². The predicted molar refractivity (Wildman–Crippen MR) is 103 cm³/mol. The molecule has 1 aromatic rings. The number of carbonyl (C=O) groups excluding carboxylic acids is 2. The maximum Gasteiger partial charge on any atom is 0.234 e. The minimum absolute atomic E-state index is 0.138. The number of nitrogens with zero attached hydrogens (tertiary/aromatic N) is 1. The van der Waals surface area contributed by atoms with Gasteiger partial charge in [0, 0.05) is 11.6 Å². The molecule has 1 aromatic carbocycles. The van der Waals surface area contributed by atoms with Gasteiger partial charge in [-0.25, -0.2) is 0 Å². The molecule has 7 nitrogen and oxygen atoms in total. The summed E-state index contributed by atoms with van der Waals surface area (Å²) in [5.41, 5.74) is 0.949. The Morgan fingerprint density at radius 1 is 1.19 bits per heavy atom. The lowest BCUT2D eigenvalue weighted by Crippen LogP contribution is -2.50. The van der Waals surface area contributed by atoms with Crippen molar-refractivity contribution in [3.05, 3.63) is 47.0 Å². The number of amides is 2. The fraction of sp³-hybridized carbons (Fsp3) is 0.474. The zero-order valence-electron chi connectivity index (χ0n) is 15.5. The molecule has 0 spiro atoms. The largest absolute Gasteiger partial charge is 0.394 e. The minimum Gasteiger partial charge on any atom is -0.394 e. The number of aliphatic hydroxyl groups is 1. The fourth-order valence-corrected chi connectivity index (χ4v) is 2.84. The van der Waals surface area contributed by atoms with E-state index in [1.807, 2.05) is 12.1 Å². The monoisotopic (exact) mass is 395 g/mol. The fourth-order valence-electron chi connectivity index (χ4n) is 2.71. The molecule has 0 unspecified atom stereocenters. The number of likely N-dealkylation sites (N-methyl/N-ethyl adjacent to an activating group) is 1. The molecule has 1 heterocycles. The van der Waals surface area contributed by atoms with Gasteiger partial charge in [0.15, 0.2) is 0 Å². The van der Waals surface area contributed by atoms with Gasteiger partial charge in [0.1, 0.15) is 6.10 Å². The minimum atomic E-state index is -0.588. The van der Waals surface area contributed by atoms with E-state index in [4.69, 9.17) is 16.3 Å². The van der Waals surface area contributed by atoms with E-state index in [0.717, 1.165) is 5.56 Å². The molecule has 0 radical (unpaired) electrons. The van der Waals surface area contributed by atoms with E-state index in [9.17, 15) is 14.7 Å². The Kier molecular flexibility index (Phi) is 8.24. The van der Waals surface area contributed by atoms with Crippen molar-refractivity contribution in [2.24, 2.45) is 0 Å². The van der Waals surface area contributed by atoms with Gasteiger partial charge < -0.3 is 25.4 Å². The average Bonchev–Trinajstić information content (AvgIpc) is 2.61. The molecule has 0 aromatic heterocycles. The van der Waals surface area contributed by atoms with Crippen LogP contribution in [0, 0.1) is 0 Å². The van der Waals surface area contributed by atoms with Crippen LogP contribution < -0.4 is 10.6 Å². The Bertz CT molecular complexity index is 663. The predicted octanol–water partition coefficient (Wildman–Crippen LogP) is 0.709. The molecule has 1 aliphatic rings. The Labute approximate surface area is 164 Å². The Morgan fingerprint density at radius 2 is 1.89 bits per heavy atom. The summed E-state index contributed by atoms with van der Waals surface area (Å²) in [5, 5.41) is 15.8. The number of carbonyl (C=O) groups is 2. The number of halogens is 1. The second-order valence-electron chi connectivity index (χ2n) is 6.72. The molecule has 8 heteroatoms. The van der Waals surface area contributed by atoms with Crippen molar-refractivity contribution in [2.75, 3.05) is 27.2 Å². The van der Waals surface area contributed by atoms with Crippen LogP contribution in [-0.4, -0.2) is 67.3 Å². The molecule has 2 rings (SSSR count). The molecule has 148 valence electrons. The molecule has 0 bridgehead atoms. The van der Waals surface area contributed by atoms with Crippen LogP contribution in [-0.2, 0) is 20.9 Å². The summed E-state index contributed by atoms with van der Waals surface area (Å²) < 4.78 is 5.75. The number of hydrogen-bond acceptors (Lipinski definition) is 5. The van der Waals surface area contributed by atoms with E-state index >= 15 is 0 Å². The van der Waals surface area contributed by atoms with Crippen molar-refractivity contribution in [3.63, 3.8) is 0 Å².